The largest absolute Gasteiger partial charge is 0.487 e. The molecule has 0 saturated carbocycles. The number of hydrogen-bond donors (Lipinski definition) is 0. The lowest BCUT2D eigenvalue weighted by atomic mass is 10.2. The van der Waals surface area contributed by atoms with Gasteiger partial charge in [-0.3, -0.25) is 10.1 Å². The Hall–Kier alpha value is -3.02. The molecule has 2 aromatic carbocycles. The molecule has 1 fully saturated rings. The van der Waals surface area contributed by atoms with Gasteiger partial charge in [-0.15, -0.1) is 0 Å². The molecule has 11 heteroatoms. The highest BCUT2D eigenvalue weighted by Gasteiger charge is 2.26. The van der Waals surface area contributed by atoms with Crippen molar-refractivity contribution in [3.05, 3.63) is 63.7 Å². The van der Waals surface area contributed by atoms with Crippen LogP contribution in [0.25, 0.3) is 0 Å². The van der Waals surface area contributed by atoms with E-state index in [1.54, 1.807) is 19.1 Å². The van der Waals surface area contributed by atoms with Crippen LogP contribution in [0.1, 0.15) is 22.8 Å². The van der Waals surface area contributed by atoms with Gasteiger partial charge >= 0.3 is 11.7 Å². The van der Waals surface area contributed by atoms with Crippen LogP contribution in [-0.4, -0.2) is 56.5 Å². The van der Waals surface area contributed by atoms with Crippen LogP contribution in [0.3, 0.4) is 0 Å². The van der Waals surface area contributed by atoms with Gasteiger partial charge in [-0.2, -0.15) is 4.31 Å². The fraction of sp³-hybridized carbons (Fsp3) is 0.350. The topological polar surface area (TPSA) is 125 Å². The Morgan fingerprint density at radius 1 is 1.19 bits per heavy atom. The molecule has 3 rings (SSSR count). The standard InChI is InChI=1S/C20H22N2O8S/c1-2-29-19-7-6-16(13-18(19)22(24)25)20(23)30-14-15-4-3-5-17(12-15)31(26,27)21-8-10-28-11-9-21/h3-7,12-13H,2,8-11,14H2,1H3. The number of carbonyl (C=O) groups excluding carboxylic acids is 1. The van der Waals surface area contributed by atoms with E-state index in [-0.39, 0.29) is 48.2 Å². The van der Waals surface area contributed by atoms with Crippen LogP contribution in [0.5, 0.6) is 5.75 Å². The first-order chi connectivity index (χ1) is 14.8. The minimum Gasteiger partial charge on any atom is -0.487 e. The molecule has 166 valence electrons. The molecule has 1 aliphatic rings. The van der Waals surface area contributed by atoms with Gasteiger partial charge in [-0.05, 0) is 36.8 Å². The van der Waals surface area contributed by atoms with Gasteiger partial charge in [0.25, 0.3) is 0 Å². The molecular formula is C20H22N2O8S. The Kier molecular flexibility index (Phi) is 7.21. The number of morpholine rings is 1. The van der Waals surface area contributed by atoms with Crippen LogP contribution in [0.15, 0.2) is 47.4 Å². The zero-order chi connectivity index (χ0) is 22.4. The molecule has 10 nitrogen and oxygen atoms in total. The number of sulfonamides is 1. The summed E-state index contributed by atoms with van der Waals surface area (Å²) in [5.41, 5.74) is 0.130. The summed E-state index contributed by atoms with van der Waals surface area (Å²) < 4.78 is 42.5. The summed E-state index contributed by atoms with van der Waals surface area (Å²) in [6.07, 6.45) is 0. The molecular weight excluding hydrogens is 428 g/mol. The molecule has 2 aromatic rings. The number of ether oxygens (including phenoxy) is 3. The second kappa shape index (κ2) is 9.86. The average Bonchev–Trinajstić information content (AvgIpc) is 2.78. The maximum Gasteiger partial charge on any atom is 0.338 e. The molecule has 0 atom stereocenters. The van der Waals surface area contributed by atoms with Crippen molar-refractivity contribution in [2.45, 2.75) is 18.4 Å². The average molecular weight is 450 g/mol. The third kappa shape index (κ3) is 5.37. The maximum atomic E-state index is 12.8. The van der Waals surface area contributed by atoms with Crippen molar-refractivity contribution >= 4 is 21.7 Å². The van der Waals surface area contributed by atoms with E-state index >= 15 is 0 Å². The van der Waals surface area contributed by atoms with Crippen molar-refractivity contribution in [3.63, 3.8) is 0 Å². The van der Waals surface area contributed by atoms with E-state index in [9.17, 15) is 23.3 Å². The number of esters is 1. The monoisotopic (exact) mass is 450 g/mol. The minimum atomic E-state index is -3.68. The summed E-state index contributed by atoms with van der Waals surface area (Å²) in [4.78, 5) is 23.0. The van der Waals surface area contributed by atoms with Gasteiger partial charge in [0, 0.05) is 19.2 Å². The summed E-state index contributed by atoms with van der Waals surface area (Å²) in [6, 6.07) is 9.93. The third-order valence-electron chi connectivity index (χ3n) is 4.57. The van der Waals surface area contributed by atoms with Crippen LogP contribution < -0.4 is 4.74 Å². The number of hydrogen-bond acceptors (Lipinski definition) is 8. The molecule has 1 saturated heterocycles. The number of nitro groups is 1. The summed E-state index contributed by atoms with van der Waals surface area (Å²) in [5.74, 6) is -0.711. The van der Waals surface area contributed by atoms with E-state index in [4.69, 9.17) is 14.2 Å². The number of rotatable bonds is 8. The molecule has 0 unspecified atom stereocenters. The van der Waals surface area contributed by atoms with Crippen molar-refractivity contribution < 1.29 is 32.3 Å². The van der Waals surface area contributed by atoms with E-state index in [1.807, 2.05) is 0 Å². The summed E-state index contributed by atoms with van der Waals surface area (Å²) in [6.45, 7) is 2.98. The van der Waals surface area contributed by atoms with Crippen molar-refractivity contribution in [3.8, 4) is 5.75 Å². The smallest absolute Gasteiger partial charge is 0.338 e. The van der Waals surface area contributed by atoms with Crippen LogP contribution in [0.2, 0.25) is 0 Å². The second-order valence-corrected chi connectivity index (χ2v) is 8.55. The van der Waals surface area contributed by atoms with Gasteiger partial charge in [0.2, 0.25) is 10.0 Å². The predicted molar refractivity (Wildman–Crippen MR) is 109 cm³/mol. The number of nitro benzene ring substituents is 1. The zero-order valence-electron chi connectivity index (χ0n) is 16.9. The quantitative estimate of drug-likeness (QED) is 0.341. The summed E-state index contributed by atoms with van der Waals surface area (Å²) in [7, 11) is -3.68. The van der Waals surface area contributed by atoms with E-state index in [1.165, 1.54) is 28.6 Å². The number of benzene rings is 2. The van der Waals surface area contributed by atoms with Crippen LogP contribution in [0.4, 0.5) is 5.69 Å². The molecule has 0 radical (unpaired) electrons. The fourth-order valence-corrected chi connectivity index (χ4v) is 4.51. The van der Waals surface area contributed by atoms with Gasteiger partial charge in [0.05, 0.1) is 35.2 Å². The lowest BCUT2D eigenvalue weighted by Crippen LogP contribution is -2.40. The Balaban J connectivity index is 1.72. The van der Waals surface area contributed by atoms with Gasteiger partial charge in [-0.1, -0.05) is 12.1 Å². The van der Waals surface area contributed by atoms with Crippen molar-refractivity contribution in [1.82, 2.24) is 4.31 Å². The molecule has 1 aliphatic heterocycles. The van der Waals surface area contributed by atoms with Gasteiger partial charge in [-0.25, -0.2) is 13.2 Å². The van der Waals surface area contributed by atoms with Crippen molar-refractivity contribution in [1.29, 1.82) is 0 Å². The van der Waals surface area contributed by atoms with E-state index < -0.39 is 20.9 Å². The second-order valence-electron chi connectivity index (χ2n) is 6.61. The van der Waals surface area contributed by atoms with Gasteiger partial charge in [0.15, 0.2) is 5.75 Å². The van der Waals surface area contributed by atoms with Crippen molar-refractivity contribution in [2.24, 2.45) is 0 Å². The highest BCUT2D eigenvalue weighted by atomic mass is 32.2. The predicted octanol–water partition coefficient (Wildman–Crippen LogP) is 2.37. The van der Waals surface area contributed by atoms with E-state index in [0.29, 0.717) is 18.8 Å². The molecule has 0 aromatic heterocycles. The molecule has 31 heavy (non-hydrogen) atoms. The van der Waals surface area contributed by atoms with E-state index in [0.717, 1.165) is 6.07 Å². The maximum absolute atomic E-state index is 12.8. The van der Waals surface area contributed by atoms with Gasteiger partial charge in [0.1, 0.15) is 6.61 Å². The summed E-state index contributed by atoms with van der Waals surface area (Å²) >= 11 is 0. The fourth-order valence-electron chi connectivity index (χ4n) is 3.03. The molecule has 0 aliphatic carbocycles. The Morgan fingerprint density at radius 3 is 2.61 bits per heavy atom. The minimum absolute atomic E-state index is 0.00718. The molecule has 1 heterocycles. The molecule has 0 amide bonds. The lowest BCUT2D eigenvalue weighted by Gasteiger charge is -2.26. The van der Waals surface area contributed by atoms with Crippen molar-refractivity contribution in [2.75, 3.05) is 32.9 Å². The van der Waals surface area contributed by atoms with E-state index in [2.05, 4.69) is 0 Å². The zero-order valence-corrected chi connectivity index (χ0v) is 17.7. The lowest BCUT2D eigenvalue weighted by molar-refractivity contribution is -0.385. The van der Waals surface area contributed by atoms with Crippen LogP contribution >= 0.6 is 0 Å². The Bertz CT molecular complexity index is 1060. The molecule has 0 N–H and O–H groups in total. The first-order valence-corrected chi connectivity index (χ1v) is 11.0. The third-order valence-corrected chi connectivity index (χ3v) is 6.46. The Labute approximate surface area is 179 Å². The van der Waals surface area contributed by atoms with Crippen LogP contribution in [-0.2, 0) is 26.1 Å². The highest BCUT2D eigenvalue weighted by molar-refractivity contribution is 7.89. The Morgan fingerprint density at radius 2 is 1.94 bits per heavy atom. The van der Waals surface area contributed by atoms with Crippen LogP contribution in [0, 0.1) is 10.1 Å². The normalized spacial score (nSPS) is 14.7. The SMILES string of the molecule is CCOc1ccc(C(=O)OCc2cccc(S(=O)(=O)N3CCOCC3)c2)cc1[N+](=O)[O-]. The first kappa shape index (κ1) is 22.7. The highest BCUT2D eigenvalue weighted by Crippen LogP contribution is 2.28. The van der Waals surface area contributed by atoms with Gasteiger partial charge < -0.3 is 14.2 Å². The first-order valence-electron chi connectivity index (χ1n) is 9.58. The number of carbonyl (C=O) groups is 1. The molecule has 0 spiro atoms. The number of nitrogens with zero attached hydrogens (tertiary/aromatic N) is 2. The molecule has 0 bridgehead atoms. The summed E-state index contributed by atoms with van der Waals surface area (Å²) in [5, 5.41) is 11.2.